The van der Waals surface area contributed by atoms with Crippen LogP contribution >= 0.6 is 0 Å². The van der Waals surface area contributed by atoms with Gasteiger partial charge in [-0.15, -0.1) is 0 Å². The largest absolute Gasteiger partial charge is 0.478 e. The van der Waals surface area contributed by atoms with Crippen LogP contribution in [0.2, 0.25) is 0 Å². The van der Waals surface area contributed by atoms with Gasteiger partial charge in [-0.2, -0.15) is 0 Å². The van der Waals surface area contributed by atoms with Crippen molar-refractivity contribution in [2.75, 3.05) is 11.9 Å². The van der Waals surface area contributed by atoms with Gasteiger partial charge in [-0.05, 0) is 36.8 Å². The number of aromatic carboxylic acids is 1. The van der Waals surface area contributed by atoms with Crippen LogP contribution in [0, 0.1) is 11.8 Å². The van der Waals surface area contributed by atoms with Crippen LogP contribution < -0.4 is 5.32 Å². The van der Waals surface area contributed by atoms with E-state index in [1.165, 1.54) is 25.7 Å². The molecule has 0 amide bonds. The third kappa shape index (κ3) is 3.98. The summed E-state index contributed by atoms with van der Waals surface area (Å²) in [6.45, 7) is 3.20. The molecule has 2 N–H and O–H groups in total. The van der Waals surface area contributed by atoms with Gasteiger partial charge in [0.1, 0.15) is 0 Å². The predicted molar refractivity (Wildman–Crippen MR) is 77.6 cm³/mol. The molecule has 1 fully saturated rings. The Bertz CT molecular complexity index is 431. The summed E-state index contributed by atoms with van der Waals surface area (Å²) in [5.74, 6) is 0.785. The number of benzene rings is 1. The Kier molecular flexibility index (Phi) is 4.83. The molecule has 2 unspecified atom stereocenters. The highest BCUT2D eigenvalue weighted by atomic mass is 16.4. The molecule has 3 heteroatoms. The van der Waals surface area contributed by atoms with Crippen LogP contribution in [0.3, 0.4) is 0 Å². The molecule has 0 bridgehead atoms. The lowest BCUT2D eigenvalue weighted by Gasteiger charge is -2.26. The molecule has 2 atom stereocenters. The van der Waals surface area contributed by atoms with E-state index in [2.05, 4.69) is 12.2 Å². The van der Waals surface area contributed by atoms with Gasteiger partial charge in [-0.3, -0.25) is 0 Å². The summed E-state index contributed by atoms with van der Waals surface area (Å²) in [5.41, 5.74) is 1.10. The summed E-state index contributed by atoms with van der Waals surface area (Å²) >= 11 is 0. The molecule has 0 aromatic heterocycles. The fourth-order valence-electron chi connectivity index (χ4n) is 3.06. The zero-order valence-electron chi connectivity index (χ0n) is 11.6. The summed E-state index contributed by atoms with van der Waals surface area (Å²) < 4.78 is 0. The highest BCUT2D eigenvalue weighted by molar-refractivity contribution is 5.94. The minimum Gasteiger partial charge on any atom is -0.478 e. The Morgan fingerprint density at radius 3 is 2.89 bits per heavy atom. The fraction of sp³-hybridized carbons (Fsp3) is 0.562. The molecule has 3 nitrogen and oxygen atoms in total. The van der Waals surface area contributed by atoms with E-state index in [-0.39, 0.29) is 0 Å². The number of hydrogen-bond acceptors (Lipinski definition) is 2. The van der Waals surface area contributed by atoms with Gasteiger partial charge in [-0.25, -0.2) is 4.79 Å². The first-order valence-corrected chi connectivity index (χ1v) is 7.23. The van der Waals surface area contributed by atoms with E-state index in [9.17, 15) is 4.79 Å². The maximum atomic E-state index is 11.1. The van der Waals surface area contributed by atoms with Crippen LogP contribution in [-0.4, -0.2) is 17.6 Å². The number of anilines is 1. The van der Waals surface area contributed by atoms with Crippen molar-refractivity contribution in [1.82, 2.24) is 0 Å². The van der Waals surface area contributed by atoms with Crippen LogP contribution in [0.4, 0.5) is 5.69 Å². The molecule has 0 spiro atoms. The van der Waals surface area contributed by atoms with Crippen molar-refractivity contribution in [3.8, 4) is 0 Å². The first kappa shape index (κ1) is 13.9. The molecule has 0 saturated heterocycles. The standard InChI is InChI=1S/C16H23NO2/c1-12-5-4-6-13(11-12)9-10-17-15-8-3-2-7-14(15)16(18)19/h2-3,7-8,12-13,17H,4-6,9-11H2,1H3,(H,18,19). The highest BCUT2D eigenvalue weighted by Gasteiger charge is 2.18. The Morgan fingerprint density at radius 2 is 2.16 bits per heavy atom. The molecular formula is C16H23NO2. The monoisotopic (exact) mass is 261 g/mol. The first-order valence-electron chi connectivity index (χ1n) is 7.23. The summed E-state index contributed by atoms with van der Waals surface area (Å²) in [6, 6.07) is 7.12. The minimum absolute atomic E-state index is 0.361. The molecule has 104 valence electrons. The van der Waals surface area contributed by atoms with Crippen molar-refractivity contribution in [1.29, 1.82) is 0 Å². The minimum atomic E-state index is -0.866. The number of hydrogen-bond donors (Lipinski definition) is 2. The second-order valence-electron chi connectivity index (χ2n) is 5.70. The van der Waals surface area contributed by atoms with Gasteiger partial charge < -0.3 is 10.4 Å². The van der Waals surface area contributed by atoms with Crippen LogP contribution in [-0.2, 0) is 0 Å². The van der Waals surface area contributed by atoms with Crippen molar-refractivity contribution in [2.45, 2.75) is 39.0 Å². The number of carboxylic acid groups (broad SMARTS) is 1. The Balaban J connectivity index is 1.84. The zero-order valence-corrected chi connectivity index (χ0v) is 11.6. The average molecular weight is 261 g/mol. The Hall–Kier alpha value is -1.51. The maximum Gasteiger partial charge on any atom is 0.337 e. The van der Waals surface area contributed by atoms with Gasteiger partial charge in [0.15, 0.2) is 0 Å². The van der Waals surface area contributed by atoms with E-state index >= 15 is 0 Å². The van der Waals surface area contributed by atoms with Crippen molar-refractivity contribution >= 4 is 11.7 Å². The Morgan fingerprint density at radius 1 is 1.37 bits per heavy atom. The smallest absolute Gasteiger partial charge is 0.337 e. The van der Waals surface area contributed by atoms with Crippen LogP contribution in [0.25, 0.3) is 0 Å². The number of carboxylic acids is 1. The second-order valence-corrected chi connectivity index (χ2v) is 5.70. The number of nitrogens with one attached hydrogen (secondary N) is 1. The molecule has 0 heterocycles. The van der Waals surface area contributed by atoms with E-state index < -0.39 is 5.97 Å². The third-order valence-electron chi connectivity index (χ3n) is 4.07. The van der Waals surface area contributed by atoms with E-state index in [0.717, 1.165) is 30.5 Å². The van der Waals surface area contributed by atoms with Crippen LogP contribution in [0.15, 0.2) is 24.3 Å². The SMILES string of the molecule is CC1CCCC(CCNc2ccccc2C(=O)O)C1. The van der Waals surface area contributed by atoms with E-state index in [0.29, 0.717) is 5.56 Å². The first-order chi connectivity index (χ1) is 9.16. The van der Waals surface area contributed by atoms with E-state index in [1.807, 2.05) is 12.1 Å². The third-order valence-corrected chi connectivity index (χ3v) is 4.07. The van der Waals surface area contributed by atoms with Crippen LogP contribution in [0.1, 0.15) is 49.4 Å². The molecule has 2 rings (SSSR count). The Labute approximate surface area is 115 Å². The topological polar surface area (TPSA) is 49.3 Å². The molecule has 1 aromatic rings. The van der Waals surface area contributed by atoms with Crippen molar-refractivity contribution in [3.05, 3.63) is 29.8 Å². The van der Waals surface area contributed by atoms with E-state index in [4.69, 9.17) is 5.11 Å². The second kappa shape index (κ2) is 6.60. The molecule has 0 aliphatic heterocycles. The summed E-state index contributed by atoms with van der Waals surface area (Å²) in [7, 11) is 0. The molecule has 1 aliphatic carbocycles. The lowest BCUT2D eigenvalue weighted by Crippen LogP contribution is -2.17. The molecule has 1 aliphatic rings. The van der Waals surface area contributed by atoms with Crippen molar-refractivity contribution in [2.24, 2.45) is 11.8 Å². The molecule has 1 aromatic carbocycles. The predicted octanol–water partition coefficient (Wildman–Crippen LogP) is 4.01. The highest BCUT2D eigenvalue weighted by Crippen LogP contribution is 2.30. The van der Waals surface area contributed by atoms with E-state index in [1.54, 1.807) is 12.1 Å². The van der Waals surface area contributed by atoms with Gasteiger partial charge in [0.2, 0.25) is 0 Å². The lowest BCUT2D eigenvalue weighted by molar-refractivity contribution is 0.0698. The molecular weight excluding hydrogens is 238 g/mol. The molecule has 0 radical (unpaired) electrons. The number of para-hydroxylation sites is 1. The summed E-state index contributed by atoms with van der Waals surface area (Å²) in [5, 5.41) is 12.4. The van der Waals surface area contributed by atoms with Crippen molar-refractivity contribution in [3.63, 3.8) is 0 Å². The maximum absolute atomic E-state index is 11.1. The molecule has 1 saturated carbocycles. The lowest BCUT2D eigenvalue weighted by atomic mass is 9.81. The van der Waals surface area contributed by atoms with Gasteiger partial charge in [0.25, 0.3) is 0 Å². The number of carbonyl (C=O) groups is 1. The normalized spacial score (nSPS) is 23.0. The summed E-state index contributed by atoms with van der Waals surface area (Å²) in [6.07, 6.45) is 6.50. The molecule has 19 heavy (non-hydrogen) atoms. The summed E-state index contributed by atoms with van der Waals surface area (Å²) in [4.78, 5) is 11.1. The van der Waals surface area contributed by atoms with Crippen molar-refractivity contribution < 1.29 is 9.90 Å². The fourth-order valence-corrected chi connectivity index (χ4v) is 3.06. The van der Waals surface area contributed by atoms with Gasteiger partial charge in [-0.1, -0.05) is 38.3 Å². The average Bonchev–Trinajstić information content (AvgIpc) is 2.39. The van der Waals surface area contributed by atoms with Gasteiger partial charge >= 0.3 is 5.97 Å². The zero-order chi connectivity index (χ0) is 13.7. The van der Waals surface area contributed by atoms with Gasteiger partial charge in [0, 0.05) is 12.2 Å². The number of rotatable bonds is 5. The quantitative estimate of drug-likeness (QED) is 0.841. The van der Waals surface area contributed by atoms with Crippen LogP contribution in [0.5, 0.6) is 0 Å². The van der Waals surface area contributed by atoms with Gasteiger partial charge in [0.05, 0.1) is 5.56 Å².